The Morgan fingerprint density at radius 2 is 1.83 bits per heavy atom. The molecule has 29 heavy (non-hydrogen) atoms. The summed E-state index contributed by atoms with van der Waals surface area (Å²) in [6.07, 6.45) is 1.68. The topological polar surface area (TPSA) is 93.9 Å². The first-order valence-electron chi connectivity index (χ1n) is 9.14. The fourth-order valence-electron chi connectivity index (χ4n) is 4.11. The van der Waals surface area contributed by atoms with Gasteiger partial charge in [-0.15, -0.1) is 0 Å². The van der Waals surface area contributed by atoms with Gasteiger partial charge in [-0.2, -0.15) is 5.26 Å². The molecule has 0 fully saturated rings. The lowest BCUT2D eigenvalue weighted by atomic mass is 9.82. The number of pyridine rings is 2. The highest BCUT2D eigenvalue weighted by molar-refractivity contribution is 5.90. The molecule has 0 saturated carbocycles. The van der Waals surface area contributed by atoms with Crippen LogP contribution in [-0.4, -0.2) is 9.55 Å². The molecule has 0 saturated heterocycles. The average molecular weight is 380 g/mol. The lowest BCUT2D eigenvalue weighted by molar-refractivity contribution is 0.396. The Morgan fingerprint density at radius 3 is 2.62 bits per heavy atom. The number of para-hydroxylation sites is 2. The highest BCUT2D eigenvalue weighted by atomic mass is 16.5. The van der Waals surface area contributed by atoms with Gasteiger partial charge in [0.1, 0.15) is 17.4 Å². The second-order valence-electron chi connectivity index (χ2n) is 6.97. The highest BCUT2D eigenvalue weighted by Gasteiger charge is 2.36. The van der Waals surface area contributed by atoms with E-state index >= 15 is 0 Å². The van der Waals surface area contributed by atoms with Crippen LogP contribution in [0.25, 0.3) is 21.8 Å². The Balaban J connectivity index is 1.95. The quantitative estimate of drug-likeness (QED) is 0.547. The monoisotopic (exact) mass is 380 g/mol. The first-order chi connectivity index (χ1) is 14.1. The van der Waals surface area contributed by atoms with Crippen LogP contribution in [0.5, 0.6) is 5.75 Å². The zero-order chi connectivity index (χ0) is 20.1. The fraction of sp³-hybridized carbons (Fsp3) is 0.0870. The molecule has 0 aliphatic carbocycles. The summed E-state index contributed by atoms with van der Waals surface area (Å²) >= 11 is 0. The number of rotatable bonds is 1. The number of aryl methyl sites for hydroxylation is 1. The van der Waals surface area contributed by atoms with Gasteiger partial charge in [-0.3, -0.25) is 9.78 Å². The van der Waals surface area contributed by atoms with E-state index in [1.165, 1.54) is 0 Å². The van der Waals surface area contributed by atoms with Crippen LogP contribution in [0.4, 0.5) is 0 Å². The Labute approximate surface area is 166 Å². The molecule has 4 aromatic rings. The number of benzene rings is 2. The Bertz CT molecular complexity index is 1440. The minimum Gasteiger partial charge on any atom is -0.439 e. The van der Waals surface area contributed by atoms with Gasteiger partial charge in [0.25, 0.3) is 5.56 Å². The van der Waals surface area contributed by atoms with Crippen LogP contribution in [0.3, 0.4) is 0 Å². The molecule has 2 N–H and O–H groups in total. The highest BCUT2D eigenvalue weighted by Crippen LogP contribution is 2.44. The molecule has 1 atom stereocenters. The molecule has 6 nitrogen and oxygen atoms in total. The van der Waals surface area contributed by atoms with Gasteiger partial charge in [0, 0.05) is 24.0 Å². The number of hydrogen-bond donors (Lipinski definition) is 1. The zero-order valence-corrected chi connectivity index (χ0v) is 15.6. The van der Waals surface area contributed by atoms with E-state index in [0.29, 0.717) is 11.3 Å². The predicted molar refractivity (Wildman–Crippen MR) is 110 cm³/mol. The molecule has 140 valence electrons. The maximum Gasteiger partial charge on any atom is 0.258 e. The van der Waals surface area contributed by atoms with Crippen LogP contribution < -0.4 is 16.0 Å². The summed E-state index contributed by atoms with van der Waals surface area (Å²) < 4.78 is 7.44. The zero-order valence-electron chi connectivity index (χ0n) is 15.6. The van der Waals surface area contributed by atoms with Gasteiger partial charge in [0.2, 0.25) is 5.88 Å². The van der Waals surface area contributed by atoms with Gasteiger partial charge in [0.15, 0.2) is 0 Å². The number of ether oxygens (including phenoxy) is 1. The van der Waals surface area contributed by atoms with Crippen molar-refractivity contribution < 1.29 is 4.74 Å². The average Bonchev–Trinajstić information content (AvgIpc) is 2.76. The summed E-state index contributed by atoms with van der Waals surface area (Å²) in [5.41, 5.74) is 8.90. The van der Waals surface area contributed by atoms with Gasteiger partial charge >= 0.3 is 0 Å². The Hall–Kier alpha value is -4.11. The second kappa shape index (κ2) is 6.21. The van der Waals surface area contributed by atoms with Gasteiger partial charge < -0.3 is 15.0 Å². The van der Waals surface area contributed by atoms with Crippen molar-refractivity contribution >= 4 is 21.8 Å². The largest absolute Gasteiger partial charge is 0.439 e. The second-order valence-corrected chi connectivity index (χ2v) is 6.97. The summed E-state index contributed by atoms with van der Waals surface area (Å²) in [6, 6.07) is 19.1. The van der Waals surface area contributed by atoms with E-state index in [1.807, 2.05) is 54.6 Å². The molecule has 2 aromatic carbocycles. The van der Waals surface area contributed by atoms with E-state index in [-0.39, 0.29) is 17.0 Å². The maximum atomic E-state index is 13.4. The lowest BCUT2D eigenvalue weighted by Crippen LogP contribution is -2.31. The Morgan fingerprint density at radius 1 is 1.10 bits per heavy atom. The molecule has 0 spiro atoms. The van der Waals surface area contributed by atoms with E-state index in [2.05, 4.69) is 11.1 Å². The van der Waals surface area contributed by atoms with E-state index in [9.17, 15) is 10.1 Å². The Kier molecular flexibility index (Phi) is 3.65. The van der Waals surface area contributed by atoms with Crippen LogP contribution in [0.1, 0.15) is 17.0 Å². The fourth-order valence-corrected chi connectivity index (χ4v) is 4.11. The molecule has 0 bridgehead atoms. The summed E-state index contributed by atoms with van der Waals surface area (Å²) in [6.45, 7) is 0. The van der Waals surface area contributed by atoms with Crippen LogP contribution in [0, 0.1) is 11.3 Å². The van der Waals surface area contributed by atoms with E-state index < -0.39 is 5.92 Å². The normalized spacial score (nSPS) is 15.8. The standard InChI is InChI=1S/C23H16N4O2/c1-27-18-9-5-3-7-15(18)21-20(23(27)28)19(16(12-24)22(25)29-21)14-10-11-26-17-8-4-2-6-13(14)17/h2-11,19H,25H2,1H3/t19-/m1/s1. The minimum atomic E-state index is -0.639. The van der Waals surface area contributed by atoms with Crippen molar-refractivity contribution in [3.05, 3.63) is 93.7 Å². The van der Waals surface area contributed by atoms with Crippen molar-refractivity contribution in [3.63, 3.8) is 0 Å². The van der Waals surface area contributed by atoms with Crippen molar-refractivity contribution in [1.29, 1.82) is 5.26 Å². The number of hydrogen-bond acceptors (Lipinski definition) is 5. The summed E-state index contributed by atoms with van der Waals surface area (Å²) in [7, 11) is 1.72. The van der Waals surface area contributed by atoms with Crippen molar-refractivity contribution in [3.8, 4) is 11.8 Å². The number of aromatic nitrogens is 2. The van der Waals surface area contributed by atoms with E-state index in [1.54, 1.807) is 17.8 Å². The van der Waals surface area contributed by atoms with Gasteiger partial charge in [0.05, 0.1) is 22.5 Å². The van der Waals surface area contributed by atoms with E-state index in [0.717, 1.165) is 27.4 Å². The first-order valence-corrected chi connectivity index (χ1v) is 9.14. The lowest BCUT2D eigenvalue weighted by Gasteiger charge is -2.28. The van der Waals surface area contributed by atoms with Crippen molar-refractivity contribution in [2.75, 3.05) is 0 Å². The molecule has 5 rings (SSSR count). The smallest absolute Gasteiger partial charge is 0.258 e. The van der Waals surface area contributed by atoms with Crippen molar-refractivity contribution in [2.45, 2.75) is 5.92 Å². The molecule has 1 aliphatic rings. The van der Waals surface area contributed by atoms with E-state index in [4.69, 9.17) is 10.5 Å². The number of fused-ring (bicyclic) bond motifs is 4. The SMILES string of the molecule is Cn1c(=O)c2c(c3ccccc31)OC(N)=C(C#N)[C@H]2c1ccnc2ccccc12. The predicted octanol–water partition coefficient (Wildman–Crippen LogP) is 3.30. The summed E-state index contributed by atoms with van der Waals surface area (Å²) in [5, 5.41) is 11.5. The van der Waals surface area contributed by atoms with Crippen LogP contribution in [-0.2, 0) is 7.05 Å². The van der Waals surface area contributed by atoms with Crippen LogP contribution in [0.15, 0.2) is 77.0 Å². The van der Waals surface area contributed by atoms with Gasteiger partial charge in [-0.1, -0.05) is 30.3 Å². The maximum absolute atomic E-state index is 13.4. The number of nitrogens with zero attached hydrogens (tertiary/aromatic N) is 3. The van der Waals surface area contributed by atoms with Gasteiger partial charge in [-0.05, 0) is 29.8 Å². The third kappa shape index (κ3) is 2.34. The van der Waals surface area contributed by atoms with Crippen LogP contribution in [0.2, 0.25) is 0 Å². The molecule has 0 radical (unpaired) electrons. The molecular weight excluding hydrogens is 364 g/mol. The summed E-state index contributed by atoms with van der Waals surface area (Å²) in [4.78, 5) is 17.8. The number of allylic oxidation sites excluding steroid dienone is 1. The number of nitrogens with two attached hydrogens (primary N) is 1. The number of nitriles is 1. The molecule has 3 heterocycles. The summed E-state index contributed by atoms with van der Waals surface area (Å²) in [5.74, 6) is -0.213. The van der Waals surface area contributed by atoms with Gasteiger partial charge in [-0.25, -0.2) is 0 Å². The van der Waals surface area contributed by atoms with Crippen molar-refractivity contribution in [1.82, 2.24) is 9.55 Å². The molecule has 0 unspecified atom stereocenters. The molecule has 1 aliphatic heterocycles. The minimum absolute atomic E-state index is 0.0179. The third-order valence-electron chi connectivity index (χ3n) is 5.46. The third-order valence-corrected chi connectivity index (χ3v) is 5.46. The molecular formula is C23H16N4O2. The molecule has 2 aromatic heterocycles. The first kappa shape index (κ1) is 17.0. The van der Waals surface area contributed by atoms with Crippen LogP contribution >= 0.6 is 0 Å². The van der Waals surface area contributed by atoms with Crippen molar-refractivity contribution in [2.24, 2.45) is 12.8 Å². The molecule has 6 heteroatoms. The molecule has 0 amide bonds.